The number of hydrogen-bond acceptors (Lipinski definition) is 3. The van der Waals surface area contributed by atoms with Crippen LogP contribution in [0, 0.1) is 0 Å². The van der Waals surface area contributed by atoms with Crippen LogP contribution in [0.25, 0.3) is 10.8 Å². The Balaban J connectivity index is 0.00000144. The van der Waals surface area contributed by atoms with Gasteiger partial charge in [0.1, 0.15) is 10.6 Å². The van der Waals surface area contributed by atoms with E-state index in [1.54, 1.807) is 24.3 Å². The third kappa shape index (κ3) is 2.92. The van der Waals surface area contributed by atoms with E-state index in [2.05, 4.69) is 0 Å². The fourth-order valence-corrected chi connectivity index (χ4v) is 2.34. The van der Waals surface area contributed by atoms with E-state index >= 15 is 0 Å². The summed E-state index contributed by atoms with van der Waals surface area (Å²) in [7, 11) is -2.70. The summed E-state index contributed by atoms with van der Waals surface area (Å²) in [4.78, 5) is -0.107. The van der Waals surface area contributed by atoms with Crippen LogP contribution >= 0.6 is 0 Å². The molecular formula is C11H12CaO4S. The van der Waals surface area contributed by atoms with Crippen LogP contribution in [-0.4, -0.2) is 57.8 Å². The van der Waals surface area contributed by atoms with Gasteiger partial charge < -0.3 is 4.74 Å². The zero-order chi connectivity index (χ0) is 11.8. The molecule has 0 heterocycles. The Morgan fingerprint density at radius 3 is 2.18 bits per heavy atom. The number of methoxy groups -OCH3 is 1. The monoisotopic (exact) mass is 280 g/mol. The molecule has 0 saturated heterocycles. The fourth-order valence-electron chi connectivity index (χ4n) is 1.65. The second kappa shape index (κ2) is 5.54. The summed E-state index contributed by atoms with van der Waals surface area (Å²) < 4.78 is 36.5. The molecule has 0 fully saturated rings. The molecule has 0 bridgehead atoms. The van der Waals surface area contributed by atoms with Crippen LogP contribution in [0.2, 0.25) is 0 Å². The van der Waals surface area contributed by atoms with Gasteiger partial charge in [-0.25, -0.2) is 0 Å². The second-order valence-electron chi connectivity index (χ2n) is 3.29. The van der Waals surface area contributed by atoms with Crippen LogP contribution in [-0.2, 0) is 10.1 Å². The number of hydrogen-bond donors (Lipinski definition) is 1. The van der Waals surface area contributed by atoms with Crippen molar-refractivity contribution in [3.8, 4) is 5.75 Å². The molecule has 6 heteroatoms. The molecule has 0 amide bonds. The summed E-state index contributed by atoms with van der Waals surface area (Å²) in [5.74, 6) is 0.572. The second-order valence-corrected chi connectivity index (χ2v) is 4.68. The number of fused-ring (bicyclic) bond motifs is 1. The Morgan fingerprint density at radius 2 is 1.65 bits per heavy atom. The molecule has 0 aliphatic heterocycles. The van der Waals surface area contributed by atoms with E-state index < -0.39 is 10.1 Å². The van der Waals surface area contributed by atoms with Gasteiger partial charge in [0, 0.05) is 10.8 Å². The van der Waals surface area contributed by atoms with E-state index in [1.165, 1.54) is 19.2 Å². The Hall–Kier alpha value is -0.330. The first-order valence-corrected chi connectivity index (χ1v) is 6.01. The molecule has 0 radical (unpaired) electrons. The van der Waals surface area contributed by atoms with Crippen molar-refractivity contribution in [1.82, 2.24) is 0 Å². The molecule has 1 N–H and O–H groups in total. The van der Waals surface area contributed by atoms with Gasteiger partial charge in [0.15, 0.2) is 0 Å². The first-order chi connectivity index (χ1) is 7.54. The standard InChI is InChI=1S/C11H10O4S.Ca.2H/c1-15-10-6-7-11(16(12,13)14)9-5-3-2-4-8(9)10;;;/h2-7H,1H3,(H,12,13,14);;;. The van der Waals surface area contributed by atoms with Crippen molar-refractivity contribution in [2.45, 2.75) is 4.90 Å². The predicted octanol–water partition coefficient (Wildman–Crippen LogP) is 1.18. The SMILES string of the molecule is COc1ccc(S(=O)(=O)O)c2ccccc12.[CaH2]. The summed E-state index contributed by atoms with van der Waals surface area (Å²) in [5, 5.41) is 1.10. The van der Waals surface area contributed by atoms with Crippen molar-refractivity contribution < 1.29 is 17.7 Å². The van der Waals surface area contributed by atoms with Crippen molar-refractivity contribution >= 4 is 58.6 Å². The summed E-state index contributed by atoms with van der Waals surface area (Å²) in [6, 6.07) is 9.70. The predicted molar refractivity (Wildman–Crippen MR) is 68.9 cm³/mol. The molecule has 0 spiro atoms. The average Bonchev–Trinajstić information content (AvgIpc) is 2.26. The summed E-state index contributed by atoms with van der Waals surface area (Å²) in [5.41, 5.74) is 0. The van der Waals surface area contributed by atoms with E-state index in [-0.39, 0.29) is 42.6 Å². The molecule has 88 valence electrons. The zero-order valence-electron chi connectivity index (χ0n) is 8.54. The van der Waals surface area contributed by atoms with Gasteiger partial charge in [-0.2, -0.15) is 8.42 Å². The molecule has 0 aliphatic rings. The zero-order valence-corrected chi connectivity index (χ0v) is 9.36. The van der Waals surface area contributed by atoms with Gasteiger partial charge in [-0.15, -0.1) is 0 Å². The Labute approximate surface area is 129 Å². The molecule has 0 aromatic heterocycles. The van der Waals surface area contributed by atoms with Crippen molar-refractivity contribution in [3.05, 3.63) is 36.4 Å². The van der Waals surface area contributed by atoms with Gasteiger partial charge in [0.25, 0.3) is 10.1 Å². The molecule has 2 aromatic rings. The van der Waals surface area contributed by atoms with Crippen LogP contribution in [0.4, 0.5) is 0 Å². The summed E-state index contributed by atoms with van der Waals surface area (Å²) >= 11 is 0. The van der Waals surface area contributed by atoms with Crippen molar-refractivity contribution in [2.24, 2.45) is 0 Å². The van der Waals surface area contributed by atoms with E-state index in [0.29, 0.717) is 16.5 Å². The first kappa shape index (κ1) is 14.7. The Kier molecular flexibility index (Phi) is 4.80. The average molecular weight is 280 g/mol. The minimum absolute atomic E-state index is 0. The Bertz CT molecular complexity index is 637. The van der Waals surface area contributed by atoms with Crippen LogP contribution in [0.3, 0.4) is 0 Å². The van der Waals surface area contributed by atoms with Crippen LogP contribution in [0.15, 0.2) is 41.3 Å². The molecule has 0 atom stereocenters. The maximum atomic E-state index is 11.2. The van der Waals surface area contributed by atoms with Gasteiger partial charge in [-0.1, -0.05) is 24.3 Å². The van der Waals surface area contributed by atoms with Gasteiger partial charge in [0.05, 0.1) is 7.11 Å². The van der Waals surface area contributed by atoms with E-state index in [4.69, 9.17) is 9.29 Å². The molecule has 0 aliphatic carbocycles. The van der Waals surface area contributed by atoms with Crippen LogP contribution in [0.5, 0.6) is 5.75 Å². The van der Waals surface area contributed by atoms with E-state index in [1.807, 2.05) is 0 Å². The van der Waals surface area contributed by atoms with Crippen molar-refractivity contribution in [1.29, 1.82) is 0 Å². The van der Waals surface area contributed by atoms with E-state index in [0.717, 1.165) is 0 Å². The fraction of sp³-hybridized carbons (Fsp3) is 0.0909. The Morgan fingerprint density at radius 1 is 1.06 bits per heavy atom. The third-order valence-corrected chi connectivity index (χ3v) is 3.25. The van der Waals surface area contributed by atoms with Crippen LogP contribution < -0.4 is 4.74 Å². The molecular weight excluding hydrogens is 268 g/mol. The molecule has 4 nitrogen and oxygen atoms in total. The molecule has 2 rings (SSSR count). The number of rotatable bonds is 2. The summed E-state index contributed by atoms with van der Waals surface area (Å²) in [6.07, 6.45) is 0. The first-order valence-electron chi connectivity index (χ1n) is 4.57. The molecule has 0 saturated carbocycles. The quantitative estimate of drug-likeness (QED) is 0.663. The molecule has 2 aromatic carbocycles. The third-order valence-electron chi connectivity index (χ3n) is 2.34. The number of ether oxygens (including phenoxy) is 1. The van der Waals surface area contributed by atoms with Crippen molar-refractivity contribution in [2.75, 3.05) is 7.11 Å². The molecule has 17 heavy (non-hydrogen) atoms. The minimum atomic E-state index is -4.21. The molecule has 0 unspecified atom stereocenters. The van der Waals surface area contributed by atoms with E-state index in [9.17, 15) is 8.42 Å². The number of benzene rings is 2. The van der Waals surface area contributed by atoms with Gasteiger partial charge in [0.2, 0.25) is 0 Å². The van der Waals surface area contributed by atoms with Gasteiger partial charge >= 0.3 is 37.7 Å². The maximum absolute atomic E-state index is 11.2. The van der Waals surface area contributed by atoms with Gasteiger partial charge in [-0.3, -0.25) is 4.55 Å². The van der Waals surface area contributed by atoms with Crippen LogP contribution in [0.1, 0.15) is 0 Å². The van der Waals surface area contributed by atoms with Gasteiger partial charge in [-0.05, 0) is 12.1 Å². The normalized spacial score (nSPS) is 10.9. The topological polar surface area (TPSA) is 63.6 Å². The van der Waals surface area contributed by atoms with Crippen molar-refractivity contribution in [3.63, 3.8) is 0 Å². The summed E-state index contributed by atoms with van der Waals surface area (Å²) in [6.45, 7) is 0.